The molecule has 0 fully saturated rings. The van der Waals surface area contributed by atoms with Crippen molar-refractivity contribution in [2.24, 2.45) is 0 Å². The van der Waals surface area contributed by atoms with E-state index in [1.807, 2.05) is 9.19 Å². The first-order chi connectivity index (χ1) is 14.0. The Hall–Kier alpha value is 0.164. The number of benzene rings is 1. The van der Waals surface area contributed by atoms with Gasteiger partial charge in [-0.05, 0) is 0 Å². The summed E-state index contributed by atoms with van der Waals surface area (Å²) in [5, 5.41) is 1.84. The van der Waals surface area contributed by atoms with Gasteiger partial charge < -0.3 is 24.8 Å². The van der Waals surface area contributed by atoms with Crippen LogP contribution in [0.1, 0.15) is 95.4 Å². The Bertz CT molecular complexity index is 801. The number of halogens is 2. The minimum Gasteiger partial charge on any atom is -1.00 e. The van der Waals surface area contributed by atoms with Gasteiger partial charge in [-0.15, -0.1) is 0 Å². The molecule has 31 heavy (non-hydrogen) atoms. The van der Waals surface area contributed by atoms with Crippen LogP contribution in [0.25, 0.3) is 6.08 Å². The fraction of sp³-hybridized carbons (Fsp3) is 0.556. The van der Waals surface area contributed by atoms with Crippen molar-refractivity contribution in [3.05, 3.63) is 61.8 Å². The zero-order valence-corrected chi connectivity index (χ0v) is 24.1. The van der Waals surface area contributed by atoms with Crippen LogP contribution in [0.4, 0.5) is 0 Å². The van der Waals surface area contributed by atoms with Crippen LogP contribution in [0, 0.1) is 0 Å². The van der Waals surface area contributed by atoms with E-state index in [9.17, 15) is 0 Å². The van der Waals surface area contributed by atoms with Gasteiger partial charge in [0.05, 0.1) is 0 Å². The van der Waals surface area contributed by atoms with Gasteiger partial charge in [-0.2, -0.15) is 0 Å². The van der Waals surface area contributed by atoms with Gasteiger partial charge in [0.2, 0.25) is 0 Å². The summed E-state index contributed by atoms with van der Waals surface area (Å²) in [6, 6.07) is 9.31. The van der Waals surface area contributed by atoms with Crippen LogP contribution in [0.5, 0.6) is 0 Å². The van der Waals surface area contributed by atoms with Crippen molar-refractivity contribution >= 4 is 14.0 Å². The molecule has 1 aromatic rings. The van der Waals surface area contributed by atoms with E-state index in [2.05, 4.69) is 78.0 Å². The second-order valence-electron chi connectivity index (χ2n) is 8.85. The van der Waals surface area contributed by atoms with E-state index in [1.165, 1.54) is 44.1 Å². The Morgan fingerprint density at radius 1 is 1.03 bits per heavy atom. The normalized spacial score (nSPS) is 20.0. The quantitative estimate of drug-likeness (QED) is 0.334. The fourth-order valence-electron chi connectivity index (χ4n) is 4.78. The van der Waals surface area contributed by atoms with Gasteiger partial charge >= 0.3 is 191 Å². The van der Waals surface area contributed by atoms with Crippen molar-refractivity contribution in [2.75, 3.05) is 0 Å². The van der Waals surface area contributed by atoms with Crippen LogP contribution in [-0.2, 0) is 19.2 Å². The smallest absolute Gasteiger partial charge is 1.00 e. The molecule has 0 bridgehead atoms. The third-order valence-electron chi connectivity index (χ3n) is 6.89. The molecule has 3 atom stereocenters. The average Bonchev–Trinajstić information content (AvgIpc) is 3.27. The Balaban J connectivity index is 0.00000240. The van der Waals surface area contributed by atoms with E-state index >= 15 is 0 Å². The summed E-state index contributed by atoms with van der Waals surface area (Å²) < 4.78 is 2.58. The monoisotopic (exact) mass is 512 g/mol. The predicted molar refractivity (Wildman–Crippen MR) is 129 cm³/mol. The maximum Gasteiger partial charge on any atom is -1.00 e. The van der Waals surface area contributed by atoms with E-state index < -0.39 is 0 Å². The second-order valence-corrected chi connectivity index (χ2v) is 14.2. The van der Waals surface area contributed by atoms with Gasteiger partial charge in [-0.25, -0.2) is 0 Å². The van der Waals surface area contributed by atoms with Crippen LogP contribution < -0.4 is 24.8 Å². The van der Waals surface area contributed by atoms with Gasteiger partial charge in [0.1, 0.15) is 0 Å². The summed E-state index contributed by atoms with van der Waals surface area (Å²) in [6.07, 6.45) is 12.9. The molecule has 1 aromatic carbocycles. The largest absolute Gasteiger partial charge is 1.00 e. The Morgan fingerprint density at radius 3 is 2.29 bits per heavy atom. The molecule has 0 radical (unpaired) electrons. The van der Waals surface area contributed by atoms with Crippen LogP contribution in [0.15, 0.2) is 50.7 Å². The second kappa shape index (κ2) is 13.8. The molecule has 0 N–H and O–H groups in total. The van der Waals surface area contributed by atoms with Crippen LogP contribution in [-0.4, -0.2) is 11.3 Å². The standard InChI is InChI=1S/C17H24P.C10H15.2ClH.Ti/c1-5-13(3)18(14(4)6-2)17-11-15-9-7-8-10-16(15)12-17;1-3-4-7-10-8-5-6-9(10)2;;;/h7-14H,5-6H2,1-4H3;6H,3-5,7H2,1-2H3;2*1H;/q;;;;+2/p-2. The topological polar surface area (TPSA) is 0 Å². The summed E-state index contributed by atoms with van der Waals surface area (Å²) in [6.45, 7) is 14.5. The van der Waals surface area contributed by atoms with E-state index in [4.69, 9.17) is 0 Å². The van der Waals surface area contributed by atoms with Gasteiger partial charge in [0.15, 0.2) is 0 Å². The molecule has 0 nitrogen and oxygen atoms in total. The first-order valence-corrected chi connectivity index (χ1v) is 14.9. The van der Waals surface area contributed by atoms with Gasteiger partial charge in [0, 0.05) is 0 Å². The third-order valence-corrected chi connectivity index (χ3v) is 13.6. The zero-order valence-electron chi connectivity index (χ0n) is 20.1. The molecular weight excluding hydrogens is 474 g/mol. The van der Waals surface area contributed by atoms with Crippen molar-refractivity contribution in [2.45, 2.75) is 95.6 Å². The first-order valence-electron chi connectivity index (χ1n) is 11.8. The summed E-state index contributed by atoms with van der Waals surface area (Å²) in [5.74, 6) is 0. The molecule has 0 spiro atoms. The SMILES string of the molecule is CCCCC1=[C]([Ti+2][CH]2C(P(C(C)CC)C(C)CC)=Cc3ccccc32)CC=C1C.[Cl-].[Cl-]. The molecular formula is C27H39Cl2PTi. The van der Waals surface area contributed by atoms with Crippen molar-refractivity contribution < 1.29 is 44.0 Å². The van der Waals surface area contributed by atoms with E-state index in [0.717, 1.165) is 15.5 Å². The van der Waals surface area contributed by atoms with E-state index in [0.29, 0.717) is 0 Å². The fourth-order valence-corrected chi connectivity index (χ4v) is 11.8. The molecule has 3 unspecified atom stereocenters. The average molecular weight is 513 g/mol. The summed E-state index contributed by atoms with van der Waals surface area (Å²) in [5.41, 5.74) is 8.15. The minimum atomic E-state index is -0.187. The Kier molecular flexibility index (Phi) is 13.0. The van der Waals surface area contributed by atoms with Gasteiger partial charge in [-0.3, -0.25) is 0 Å². The van der Waals surface area contributed by atoms with Crippen molar-refractivity contribution in [1.82, 2.24) is 0 Å². The molecule has 0 saturated heterocycles. The molecule has 0 saturated carbocycles. The molecule has 0 aliphatic heterocycles. The number of allylic oxidation sites excluding steroid dienone is 5. The first kappa shape index (κ1) is 29.2. The molecule has 4 heteroatoms. The summed E-state index contributed by atoms with van der Waals surface area (Å²) in [7, 11) is -0.0738. The number of hydrogen-bond acceptors (Lipinski definition) is 0. The molecule has 0 amide bonds. The van der Waals surface area contributed by atoms with Gasteiger partial charge in [-0.1, -0.05) is 0 Å². The summed E-state index contributed by atoms with van der Waals surface area (Å²) in [4.78, 5) is 0. The predicted octanol–water partition coefficient (Wildman–Crippen LogP) is 3.05. The number of fused-ring (bicyclic) bond motifs is 1. The van der Waals surface area contributed by atoms with Gasteiger partial charge in [0.25, 0.3) is 0 Å². The van der Waals surface area contributed by atoms with Crippen LogP contribution in [0.3, 0.4) is 0 Å². The third kappa shape index (κ3) is 6.61. The molecule has 0 aromatic heterocycles. The minimum absolute atomic E-state index is 0. The molecule has 2 aliphatic carbocycles. The zero-order chi connectivity index (χ0) is 21.0. The Morgan fingerprint density at radius 2 is 1.68 bits per heavy atom. The molecule has 3 rings (SSSR count). The van der Waals surface area contributed by atoms with E-state index in [1.54, 1.807) is 16.7 Å². The number of unbranched alkanes of at least 4 members (excludes halogenated alkanes) is 1. The molecule has 0 heterocycles. The van der Waals surface area contributed by atoms with E-state index in [-0.39, 0.29) is 51.9 Å². The van der Waals surface area contributed by atoms with Crippen molar-refractivity contribution in [1.29, 1.82) is 0 Å². The van der Waals surface area contributed by atoms with Crippen molar-refractivity contribution in [3.8, 4) is 0 Å². The number of rotatable bonds is 10. The van der Waals surface area contributed by atoms with Crippen LogP contribution >= 0.6 is 7.92 Å². The maximum atomic E-state index is 2.63. The number of hydrogen-bond donors (Lipinski definition) is 0. The summed E-state index contributed by atoms with van der Waals surface area (Å²) >= 11 is -0.187. The Labute approximate surface area is 214 Å². The maximum absolute atomic E-state index is 2.63. The molecule has 2 aliphatic rings. The molecule has 170 valence electrons. The van der Waals surface area contributed by atoms with Crippen molar-refractivity contribution in [3.63, 3.8) is 0 Å². The van der Waals surface area contributed by atoms with Crippen LogP contribution in [0.2, 0.25) is 0 Å².